The summed E-state index contributed by atoms with van der Waals surface area (Å²) in [6, 6.07) is 23.1. The van der Waals surface area contributed by atoms with Gasteiger partial charge in [0.15, 0.2) is 5.65 Å². The molecule has 2 aromatic heterocycles. The summed E-state index contributed by atoms with van der Waals surface area (Å²) in [6.07, 6.45) is 1.69. The summed E-state index contributed by atoms with van der Waals surface area (Å²) in [5.74, 6) is 0.693. The Balaban J connectivity index is 1.72. The summed E-state index contributed by atoms with van der Waals surface area (Å²) in [5, 5.41) is 0.745. The lowest BCUT2D eigenvalue weighted by atomic mass is 10.0. The second kappa shape index (κ2) is 8.10. The maximum absolute atomic E-state index is 13.3. The fourth-order valence-corrected chi connectivity index (χ4v) is 3.31. The van der Waals surface area contributed by atoms with Crippen molar-refractivity contribution in [2.24, 2.45) is 0 Å². The summed E-state index contributed by atoms with van der Waals surface area (Å²) >= 11 is 0. The van der Waals surface area contributed by atoms with Crippen LogP contribution in [0.25, 0.3) is 22.3 Å². The largest absolute Gasteiger partial charge is 0.497 e. The van der Waals surface area contributed by atoms with Crippen LogP contribution < -0.4 is 4.74 Å². The minimum atomic E-state index is -0.0783. The molecule has 0 aliphatic carbocycles. The van der Waals surface area contributed by atoms with E-state index in [1.54, 1.807) is 25.3 Å². The fraction of sp³-hybridized carbons (Fsp3) is 0.125. The van der Waals surface area contributed by atoms with Crippen LogP contribution in [0.15, 0.2) is 79.0 Å². The van der Waals surface area contributed by atoms with Crippen LogP contribution in [-0.2, 0) is 6.54 Å². The van der Waals surface area contributed by atoms with Crippen molar-refractivity contribution >= 4 is 16.9 Å². The van der Waals surface area contributed by atoms with Gasteiger partial charge in [-0.1, -0.05) is 42.5 Å². The first-order valence-electron chi connectivity index (χ1n) is 9.35. The van der Waals surface area contributed by atoms with E-state index in [0.717, 1.165) is 28.0 Å². The van der Waals surface area contributed by atoms with Crippen molar-refractivity contribution in [1.29, 1.82) is 0 Å². The molecule has 0 saturated carbocycles. The van der Waals surface area contributed by atoms with Crippen molar-refractivity contribution in [1.82, 2.24) is 14.9 Å². The zero-order chi connectivity index (χ0) is 20.2. The Hall–Kier alpha value is -3.73. The minimum Gasteiger partial charge on any atom is -0.497 e. The van der Waals surface area contributed by atoms with Crippen LogP contribution in [0, 0.1) is 0 Å². The summed E-state index contributed by atoms with van der Waals surface area (Å²) in [6.45, 7) is 0.473. The maximum atomic E-state index is 13.3. The SMILES string of the molecule is COc1cccc(CN(C)C(=O)c2cc(-c3ccccc3)nc3ncccc23)c1. The van der Waals surface area contributed by atoms with Crippen molar-refractivity contribution < 1.29 is 9.53 Å². The molecule has 0 fully saturated rings. The van der Waals surface area contributed by atoms with Gasteiger partial charge in [0, 0.05) is 30.7 Å². The number of hydrogen-bond donors (Lipinski definition) is 0. The van der Waals surface area contributed by atoms with E-state index in [-0.39, 0.29) is 5.91 Å². The summed E-state index contributed by atoms with van der Waals surface area (Å²) in [7, 11) is 3.43. The van der Waals surface area contributed by atoms with E-state index in [9.17, 15) is 4.79 Å². The lowest BCUT2D eigenvalue weighted by Gasteiger charge is -2.19. The molecule has 4 aromatic rings. The lowest BCUT2D eigenvalue weighted by molar-refractivity contribution is 0.0787. The number of pyridine rings is 2. The number of aromatic nitrogens is 2. The van der Waals surface area contributed by atoms with Gasteiger partial charge in [0.2, 0.25) is 0 Å². The van der Waals surface area contributed by atoms with E-state index >= 15 is 0 Å². The summed E-state index contributed by atoms with van der Waals surface area (Å²) in [5.41, 5.74) is 3.83. The monoisotopic (exact) mass is 383 g/mol. The smallest absolute Gasteiger partial charge is 0.254 e. The zero-order valence-electron chi connectivity index (χ0n) is 16.4. The zero-order valence-corrected chi connectivity index (χ0v) is 16.4. The van der Waals surface area contributed by atoms with E-state index < -0.39 is 0 Å². The highest BCUT2D eigenvalue weighted by Gasteiger charge is 2.18. The number of hydrogen-bond acceptors (Lipinski definition) is 4. The molecule has 2 heterocycles. The van der Waals surface area contributed by atoms with Crippen molar-refractivity contribution in [2.75, 3.05) is 14.2 Å². The molecule has 0 radical (unpaired) electrons. The molecule has 144 valence electrons. The number of nitrogens with zero attached hydrogens (tertiary/aromatic N) is 3. The van der Waals surface area contributed by atoms with Crippen LogP contribution in [0.2, 0.25) is 0 Å². The fourth-order valence-electron chi connectivity index (χ4n) is 3.31. The molecule has 0 bridgehead atoms. The number of benzene rings is 2. The van der Waals surface area contributed by atoms with Crippen LogP contribution in [0.4, 0.5) is 0 Å². The van der Waals surface area contributed by atoms with Gasteiger partial charge in [-0.2, -0.15) is 0 Å². The predicted molar refractivity (Wildman–Crippen MR) is 114 cm³/mol. The molecule has 0 unspecified atom stereocenters. The number of carbonyl (C=O) groups excluding carboxylic acids is 1. The first kappa shape index (κ1) is 18.6. The molecule has 1 amide bonds. The number of fused-ring (bicyclic) bond motifs is 1. The quantitative estimate of drug-likeness (QED) is 0.506. The molecule has 0 atom stereocenters. The molecule has 0 spiro atoms. The van der Waals surface area contributed by atoms with Gasteiger partial charge in [0.05, 0.1) is 18.4 Å². The van der Waals surface area contributed by atoms with Crippen molar-refractivity contribution in [3.8, 4) is 17.0 Å². The Morgan fingerprint density at radius 3 is 2.62 bits per heavy atom. The first-order chi connectivity index (χ1) is 14.2. The third-order valence-corrected chi connectivity index (χ3v) is 4.78. The Kier molecular flexibility index (Phi) is 5.20. The predicted octanol–water partition coefficient (Wildman–Crippen LogP) is 4.58. The summed E-state index contributed by atoms with van der Waals surface area (Å²) in [4.78, 5) is 24.1. The van der Waals surface area contributed by atoms with Gasteiger partial charge >= 0.3 is 0 Å². The second-order valence-corrected chi connectivity index (χ2v) is 6.81. The van der Waals surface area contributed by atoms with Crippen molar-refractivity contribution in [3.05, 3.63) is 90.1 Å². The molecular weight excluding hydrogens is 362 g/mol. The van der Waals surface area contributed by atoms with E-state index in [1.807, 2.05) is 72.8 Å². The number of ether oxygens (including phenoxy) is 1. The molecule has 5 nitrogen and oxygen atoms in total. The van der Waals surface area contributed by atoms with Gasteiger partial charge in [-0.15, -0.1) is 0 Å². The van der Waals surface area contributed by atoms with E-state index in [1.165, 1.54) is 0 Å². The molecule has 4 rings (SSSR count). The third-order valence-electron chi connectivity index (χ3n) is 4.78. The second-order valence-electron chi connectivity index (χ2n) is 6.81. The Morgan fingerprint density at radius 2 is 1.83 bits per heavy atom. The van der Waals surface area contributed by atoms with Crippen LogP contribution in [0.5, 0.6) is 5.75 Å². The van der Waals surface area contributed by atoms with Gasteiger partial charge in [0.1, 0.15) is 5.75 Å². The number of amides is 1. The number of carbonyl (C=O) groups is 1. The van der Waals surface area contributed by atoms with E-state index in [4.69, 9.17) is 4.74 Å². The van der Waals surface area contributed by atoms with E-state index in [2.05, 4.69) is 9.97 Å². The van der Waals surface area contributed by atoms with E-state index in [0.29, 0.717) is 17.8 Å². The topological polar surface area (TPSA) is 55.3 Å². The highest BCUT2D eigenvalue weighted by Crippen LogP contribution is 2.25. The number of methoxy groups -OCH3 is 1. The van der Waals surface area contributed by atoms with Gasteiger partial charge in [-0.25, -0.2) is 9.97 Å². The third kappa shape index (κ3) is 3.94. The molecule has 0 aliphatic rings. The first-order valence-corrected chi connectivity index (χ1v) is 9.35. The van der Waals surface area contributed by atoms with Gasteiger partial charge < -0.3 is 9.64 Å². The normalized spacial score (nSPS) is 10.7. The summed E-state index contributed by atoms with van der Waals surface area (Å²) < 4.78 is 5.28. The van der Waals surface area contributed by atoms with Gasteiger partial charge in [0.25, 0.3) is 5.91 Å². The molecule has 0 saturated heterocycles. The van der Waals surface area contributed by atoms with Crippen molar-refractivity contribution in [2.45, 2.75) is 6.54 Å². The number of rotatable bonds is 5. The standard InChI is InChI=1S/C24H21N3O2/c1-27(16-17-8-6-11-19(14-17)29-2)24(28)21-15-22(18-9-4-3-5-10-18)26-23-20(21)12-7-13-25-23/h3-15H,16H2,1-2H3. The van der Waals surface area contributed by atoms with Crippen LogP contribution in [0.1, 0.15) is 15.9 Å². The molecule has 29 heavy (non-hydrogen) atoms. The molecule has 0 N–H and O–H groups in total. The van der Waals surface area contributed by atoms with Crippen LogP contribution in [-0.4, -0.2) is 34.9 Å². The van der Waals surface area contributed by atoms with Crippen LogP contribution >= 0.6 is 0 Å². The Morgan fingerprint density at radius 1 is 1.00 bits per heavy atom. The highest BCUT2D eigenvalue weighted by molar-refractivity contribution is 6.06. The minimum absolute atomic E-state index is 0.0783. The Bertz CT molecular complexity index is 1160. The van der Waals surface area contributed by atoms with Gasteiger partial charge in [-0.3, -0.25) is 4.79 Å². The average molecular weight is 383 g/mol. The average Bonchev–Trinajstić information content (AvgIpc) is 2.78. The lowest BCUT2D eigenvalue weighted by Crippen LogP contribution is -2.26. The molecule has 0 aliphatic heterocycles. The molecular formula is C24H21N3O2. The van der Waals surface area contributed by atoms with Crippen LogP contribution in [0.3, 0.4) is 0 Å². The maximum Gasteiger partial charge on any atom is 0.254 e. The molecule has 2 aromatic carbocycles. The van der Waals surface area contributed by atoms with Crippen molar-refractivity contribution in [3.63, 3.8) is 0 Å². The Labute approximate surface area is 169 Å². The highest BCUT2D eigenvalue weighted by atomic mass is 16.5. The van der Waals surface area contributed by atoms with Gasteiger partial charge in [-0.05, 0) is 35.9 Å². The molecule has 5 heteroatoms.